The number of halogens is 1. The molecule has 1 aromatic heterocycles. The minimum absolute atomic E-state index is 0.615. The zero-order chi connectivity index (χ0) is 10.5. The molecule has 2 heterocycles. The highest BCUT2D eigenvalue weighted by Gasteiger charge is 2.13. The van der Waals surface area contributed by atoms with Crippen LogP contribution >= 0.6 is 15.9 Å². The van der Waals surface area contributed by atoms with Crippen LogP contribution in [-0.4, -0.2) is 24.7 Å². The van der Waals surface area contributed by atoms with Gasteiger partial charge in [-0.3, -0.25) is 4.98 Å². The van der Waals surface area contributed by atoms with Crippen LogP contribution in [0.2, 0.25) is 0 Å². The van der Waals surface area contributed by atoms with Crippen molar-refractivity contribution in [2.24, 2.45) is 5.92 Å². The zero-order valence-corrected chi connectivity index (χ0v) is 10.2. The maximum atomic E-state index is 5.63. The molecule has 1 saturated heterocycles. The third kappa shape index (κ3) is 3.55. The Morgan fingerprint density at radius 3 is 3.13 bits per heavy atom. The Balaban J connectivity index is 1.71. The molecule has 0 radical (unpaired) electrons. The maximum absolute atomic E-state index is 5.63. The minimum Gasteiger partial charge on any atom is -0.375 e. The van der Waals surface area contributed by atoms with Crippen molar-refractivity contribution in [1.82, 2.24) is 10.3 Å². The number of nitrogens with zero attached hydrogens (tertiary/aromatic N) is 1. The van der Waals surface area contributed by atoms with Gasteiger partial charge in [-0.05, 0) is 46.9 Å². The van der Waals surface area contributed by atoms with E-state index in [4.69, 9.17) is 4.74 Å². The Morgan fingerprint density at radius 2 is 2.47 bits per heavy atom. The van der Waals surface area contributed by atoms with Crippen molar-refractivity contribution in [1.29, 1.82) is 0 Å². The molecule has 0 saturated carbocycles. The summed E-state index contributed by atoms with van der Waals surface area (Å²) in [5.41, 5.74) is 0.990. The van der Waals surface area contributed by atoms with E-state index in [9.17, 15) is 0 Å². The number of aromatic nitrogens is 1. The van der Waals surface area contributed by atoms with Crippen molar-refractivity contribution in [3.8, 4) is 0 Å². The van der Waals surface area contributed by atoms with Gasteiger partial charge in [0.2, 0.25) is 0 Å². The van der Waals surface area contributed by atoms with Crippen LogP contribution in [0.1, 0.15) is 12.1 Å². The van der Waals surface area contributed by atoms with Crippen molar-refractivity contribution < 1.29 is 4.74 Å². The average molecular weight is 271 g/mol. The van der Waals surface area contributed by atoms with Gasteiger partial charge in [-0.1, -0.05) is 0 Å². The Labute approximate surface area is 98.4 Å². The first-order valence-electron chi connectivity index (χ1n) is 5.23. The van der Waals surface area contributed by atoms with E-state index in [1.165, 1.54) is 6.42 Å². The summed E-state index contributed by atoms with van der Waals surface area (Å²) < 4.78 is 6.63. The van der Waals surface area contributed by atoms with Crippen LogP contribution in [-0.2, 0) is 11.3 Å². The summed E-state index contributed by atoms with van der Waals surface area (Å²) in [5, 5.41) is 3.33. The van der Waals surface area contributed by atoms with Crippen LogP contribution in [0.25, 0.3) is 0 Å². The Bertz CT molecular complexity index is 296. The number of nitrogens with one attached hydrogen (secondary N) is 1. The summed E-state index contributed by atoms with van der Waals surface area (Å²) in [5.74, 6) is 0.681. The Morgan fingerprint density at radius 1 is 1.53 bits per heavy atom. The fourth-order valence-electron chi connectivity index (χ4n) is 1.68. The highest BCUT2D eigenvalue weighted by atomic mass is 79.9. The molecule has 0 aromatic carbocycles. The topological polar surface area (TPSA) is 34.1 Å². The standard InChI is InChI=1S/C11H15BrN2O/c12-10-1-2-11(14-6-10)8-15-7-9-3-4-13-5-9/h1-2,6,9,13H,3-5,7-8H2. The monoisotopic (exact) mass is 270 g/mol. The molecular weight excluding hydrogens is 256 g/mol. The lowest BCUT2D eigenvalue weighted by Crippen LogP contribution is -2.13. The van der Waals surface area contributed by atoms with E-state index >= 15 is 0 Å². The summed E-state index contributed by atoms with van der Waals surface area (Å²) in [4.78, 5) is 4.25. The van der Waals surface area contributed by atoms with E-state index in [-0.39, 0.29) is 0 Å². The summed E-state index contributed by atoms with van der Waals surface area (Å²) in [6.45, 7) is 3.67. The lowest BCUT2D eigenvalue weighted by atomic mass is 10.1. The molecule has 1 fully saturated rings. The van der Waals surface area contributed by atoms with Crippen LogP contribution in [0, 0.1) is 5.92 Å². The summed E-state index contributed by atoms with van der Waals surface area (Å²) >= 11 is 3.36. The summed E-state index contributed by atoms with van der Waals surface area (Å²) in [6, 6.07) is 3.97. The first-order valence-corrected chi connectivity index (χ1v) is 6.03. The van der Waals surface area contributed by atoms with Crippen LogP contribution in [0.5, 0.6) is 0 Å². The van der Waals surface area contributed by atoms with Crippen molar-refractivity contribution in [2.45, 2.75) is 13.0 Å². The molecule has 1 aliphatic rings. The van der Waals surface area contributed by atoms with Gasteiger partial charge in [-0.2, -0.15) is 0 Å². The first-order chi connectivity index (χ1) is 7.34. The van der Waals surface area contributed by atoms with Crippen LogP contribution in [0.15, 0.2) is 22.8 Å². The van der Waals surface area contributed by atoms with Gasteiger partial charge in [0, 0.05) is 17.2 Å². The molecule has 0 aliphatic carbocycles. The second kappa shape index (κ2) is 5.58. The first kappa shape index (κ1) is 11.0. The van der Waals surface area contributed by atoms with Gasteiger partial charge in [-0.15, -0.1) is 0 Å². The van der Waals surface area contributed by atoms with E-state index in [1.54, 1.807) is 6.20 Å². The molecule has 15 heavy (non-hydrogen) atoms. The van der Waals surface area contributed by atoms with E-state index < -0.39 is 0 Å². The molecule has 2 rings (SSSR count). The zero-order valence-electron chi connectivity index (χ0n) is 8.58. The molecule has 1 aliphatic heterocycles. The third-order valence-corrected chi connectivity index (χ3v) is 3.02. The normalized spacial score (nSPS) is 20.7. The van der Waals surface area contributed by atoms with Crippen LogP contribution in [0.4, 0.5) is 0 Å². The van der Waals surface area contributed by atoms with Gasteiger partial charge in [0.05, 0.1) is 18.9 Å². The second-order valence-corrected chi connectivity index (χ2v) is 4.76. The van der Waals surface area contributed by atoms with Crippen molar-refractivity contribution in [2.75, 3.05) is 19.7 Å². The molecule has 1 unspecified atom stereocenters. The highest BCUT2D eigenvalue weighted by Crippen LogP contribution is 2.10. The van der Waals surface area contributed by atoms with Gasteiger partial charge in [0.15, 0.2) is 0 Å². The molecule has 0 spiro atoms. The Hall–Kier alpha value is -0.450. The van der Waals surface area contributed by atoms with E-state index in [1.807, 2.05) is 12.1 Å². The van der Waals surface area contributed by atoms with E-state index in [0.717, 1.165) is 29.9 Å². The molecule has 82 valence electrons. The third-order valence-electron chi connectivity index (χ3n) is 2.55. The number of pyridine rings is 1. The molecule has 1 atom stereocenters. The lowest BCUT2D eigenvalue weighted by molar-refractivity contribution is 0.0902. The molecule has 1 aromatic rings. The maximum Gasteiger partial charge on any atom is 0.0887 e. The minimum atomic E-state index is 0.615. The fraction of sp³-hybridized carbons (Fsp3) is 0.545. The number of hydrogen-bond acceptors (Lipinski definition) is 3. The quantitative estimate of drug-likeness (QED) is 0.909. The number of hydrogen-bond donors (Lipinski definition) is 1. The number of rotatable bonds is 4. The van der Waals surface area contributed by atoms with Crippen LogP contribution < -0.4 is 5.32 Å². The van der Waals surface area contributed by atoms with E-state index in [0.29, 0.717) is 12.5 Å². The highest BCUT2D eigenvalue weighted by molar-refractivity contribution is 9.10. The predicted octanol–water partition coefficient (Wildman–Crippen LogP) is 1.97. The molecule has 0 amide bonds. The molecule has 0 bridgehead atoms. The van der Waals surface area contributed by atoms with Gasteiger partial charge in [0.1, 0.15) is 0 Å². The van der Waals surface area contributed by atoms with E-state index in [2.05, 4.69) is 26.2 Å². The predicted molar refractivity (Wildman–Crippen MR) is 62.6 cm³/mol. The average Bonchev–Trinajstić information content (AvgIpc) is 2.74. The van der Waals surface area contributed by atoms with Crippen molar-refractivity contribution in [3.05, 3.63) is 28.5 Å². The van der Waals surface area contributed by atoms with Gasteiger partial charge in [-0.25, -0.2) is 0 Å². The molecule has 4 heteroatoms. The number of ether oxygens (including phenoxy) is 1. The summed E-state index contributed by atoms with van der Waals surface area (Å²) in [7, 11) is 0. The molecule has 3 nitrogen and oxygen atoms in total. The summed E-state index contributed by atoms with van der Waals surface area (Å²) in [6.07, 6.45) is 3.03. The van der Waals surface area contributed by atoms with Crippen LogP contribution in [0.3, 0.4) is 0 Å². The van der Waals surface area contributed by atoms with Gasteiger partial charge >= 0.3 is 0 Å². The smallest absolute Gasteiger partial charge is 0.0887 e. The fourth-order valence-corrected chi connectivity index (χ4v) is 1.91. The second-order valence-electron chi connectivity index (χ2n) is 3.84. The van der Waals surface area contributed by atoms with Crippen molar-refractivity contribution >= 4 is 15.9 Å². The SMILES string of the molecule is Brc1ccc(COCC2CCNC2)nc1. The lowest BCUT2D eigenvalue weighted by Gasteiger charge is -2.08. The molecular formula is C11H15BrN2O. The molecule has 1 N–H and O–H groups in total. The van der Waals surface area contributed by atoms with Gasteiger partial charge < -0.3 is 10.1 Å². The van der Waals surface area contributed by atoms with Crippen molar-refractivity contribution in [3.63, 3.8) is 0 Å². The largest absolute Gasteiger partial charge is 0.375 e. The van der Waals surface area contributed by atoms with Gasteiger partial charge in [0.25, 0.3) is 0 Å². The Kier molecular flexibility index (Phi) is 4.11.